The third kappa shape index (κ3) is 3.34. The summed E-state index contributed by atoms with van der Waals surface area (Å²) in [5.74, 6) is 0.763. The van der Waals surface area contributed by atoms with Gasteiger partial charge in [0.25, 0.3) is 0 Å². The first-order chi connectivity index (χ1) is 8.58. The van der Waals surface area contributed by atoms with E-state index in [9.17, 15) is 9.59 Å². The smallest absolute Gasteiger partial charge is 0.225 e. The van der Waals surface area contributed by atoms with E-state index in [0.717, 1.165) is 44.3 Å². The average Bonchev–Trinajstić information content (AvgIpc) is 3.19. The predicted octanol–water partition coefficient (Wildman–Crippen LogP) is 1.33. The molecule has 2 rings (SSSR count). The molecule has 4 heteroatoms. The van der Waals surface area contributed by atoms with Crippen molar-refractivity contribution in [3.8, 4) is 0 Å². The van der Waals surface area contributed by atoms with E-state index in [2.05, 4.69) is 11.9 Å². The fraction of sp³-hybridized carbons (Fsp3) is 0.714. The SMILES string of the molecule is C=C(C)CNC(=O)C1CCN(C(=O)C2CC2)CC1. The molecule has 0 unspecified atom stereocenters. The van der Waals surface area contributed by atoms with Crippen LogP contribution in [-0.4, -0.2) is 36.3 Å². The van der Waals surface area contributed by atoms with Crippen LogP contribution in [0.25, 0.3) is 0 Å². The topological polar surface area (TPSA) is 49.4 Å². The van der Waals surface area contributed by atoms with Crippen LogP contribution in [-0.2, 0) is 9.59 Å². The number of rotatable bonds is 4. The van der Waals surface area contributed by atoms with Gasteiger partial charge in [0.05, 0.1) is 0 Å². The van der Waals surface area contributed by atoms with Crippen LogP contribution in [0.15, 0.2) is 12.2 Å². The Kier molecular flexibility index (Phi) is 4.04. The van der Waals surface area contributed by atoms with Crippen molar-refractivity contribution in [1.29, 1.82) is 0 Å². The quantitative estimate of drug-likeness (QED) is 0.765. The van der Waals surface area contributed by atoms with Gasteiger partial charge in [-0.2, -0.15) is 0 Å². The standard InChI is InChI=1S/C14H22N2O2/c1-10(2)9-15-13(17)11-5-7-16(8-6-11)14(18)12-3-4-12/h11-12H,1,3-9H2,2H3,(H,15,17). The zero-order chi connectivity index (χ0) is 13.1. The number of nitrogens with one attached hydrogen (secondary N) is 1. The monoisotopic (exact) mass is 250 g/mol. The van der Waals surface area contributed by atoms with Gasteiger partial charge in [-0.05, 0) is 32.6 Å². The van der Waals surface area contributed by atoms with Crippen LogP contribution in [0.1, 0.15) is 32.6 Å². The van der Waals surface area contributed by atoms with E-state index in [4.69, 9.17) is 0 Å². The third-order valence-electron chi connectivity index (χ3n) is 3.67. The molecule has 0 aromatic rings. The minimum Gasteiger partial charge on any atom is -0.352 e. The normalized spacial score (nSPS) is 20.6. The maximum atomic E-state index is 11.9. The minimum atomic E-state index is 0.0626. The summed E-state index contributed by atoms with van der Waals surface area (Å²) in [5, 5.41) is 2.89. The van der Waals surface area contributed by atoms with Crippen LogP contribution in [0.2, 0.25) is 0 Å². The average molecular weight is 250 g/mol. The largest absolute Gasteiger partial charge is 0.352 e. The summed E-state index contributed by atoms with van der Waals surface area (Å²) in [7, 11) is 0. The Morgan fingerprint density at radius 2 is 1.78 bits per heavy atom. The van der Waals surface area contributed by atoms with Gasteiger partial charge in [0, 0.05) is 31.5 Å². The van der Waals surface area contributed by atoms with E-state index in [1.54, 1.807) is 0 Å². The fourth-order valence-corrected chi connectivity index (χ4v) is 2.33. The minimum absolute atomic E-state index is 0.0626. The lowest BCUT2D eigenvalue weighted by Gasteiger charge is -2.31. The van der Waals surface area contributed by atoms with Crippen molar-refractivity contribution in [3.05, 3.63) is 12.2 Å². The van der Waals surface area contributed by atoms with Gasteiger partial charge in [0.1, 0.15) is 0 Å². The Bertz CT molecular complexity index is 353. The lowest BCUT2D eigenvalue weighted by atomic mass is 9.95. The second-order valence-corrected chi connectivity index (χ2v) is 5.55. The van der Waals surface area contributed by atoms with Crippen LogP contribution in [0.3, 0.4) is 0 Å². The van der Waals surface area contributed by atoms with Gasteiger partial charge < -0.3 is 10.2 Å². The van der Waals surface area contributed by atoms with Crippen molar-refractivity contribution >= 4 is 11.8 Å². The molecule has 2 aliphatic rings. The number of hydrogen-bond donors (Lipinski definition) is 1. The Hall–Kier alpha value is -1.32. The van der Waals surface area contributed by atoms with Crippen LogP contribution in [0, 0.1) is 11.8 Å². The first-order valence-corrected chi connectivity index (χ1v) is 6.79. The van der Waals surface area contributed by atoms with E-state index in [-0.39, 0.29) is 11.8 Å². The number of nitrogens with zero attached hydrogens (tertiary/aromatic N) is 1. The number of amides is 2. The van der Waals surface area contributed by atoms with Crippen molar-refractivity contribution in [2.45, 2.75) is 32.6 Å². The van der Waals surface area contributed by atoms with Gasteiger partial charge in [-0.25, -0.2) is 0 Å². The number of hydrogen-bond acceptors (Lipinski definition) is 2. The molecule has 1 heterocycles. The summed E-state index contributed by atoms with van der Waals surface area (Å²) in [6.45, 7) is 7.70. The van der Waals surface area contributed by atoms with Crippen molar-refractivity contribution < 1.29 is 9.59 Å². The molecule has 1 saturated carbocycles. The van der Waals surface area contributed by atoms with Crippen LogP contribution >= 0.6 is 0 Å². The van der Waals surface area contributed by atoms with Crippen molar-refractivity contribution in [1.82, 2.24) is 10.2 Å². The first-order valence-electron chi connectivity index (χ1n) is 6.79. The molecule has 4 nitrogen and oxygen atoms in total. The molecule has 0 atom stereocenters. The van der Waals surface area contributed by atoms with Gasteiger partial charge in [-0.15, -0.1) is 0 Å². The number of piperidine rings is 1. The Morgan fingerprint density at radius 1 is 1.17 bits per heavy atom. The Morgan fingerprint density at radius 3 is 2.28 bits per heavy atom. The van der Waals surface area contributed by atoms with Gasteiger partial charge in [-0.3, -0.25) is 9.59 Å². The molecule has 2 fully saturated rings. The zero-order valence-corrected chi connectivity index (χ0v) is 11.1. The van der Waals surface area contributed by atoms with Gasteiger partial charge >= 0.3 is 0 Å². The number of carbonyl (C=O) groups excluding carboxylic acids is 2. The summed E-state index contributed by atoms with van der Waals surface area (Å²) in [5.41, 5.74) is 0.963. The number of likely N-dealkylation sites (tertiary alicyclic amines) is 1. The second kappa shape index (κ2) is 5.55. The lowest BCUT2D eigenvalue weighted by molar-refractivity contribution is -0.136. The first kappa shape index (κ1) is 13.1. The van der Waals surface area contributed by atoms with E-state index < -0.39 is 0 Å². The van der Waals surface area contributed by atoms with Gasteiger partial charge in [0.15, 0.2) is 0 Å². The molecule has 0 radical (unpaired) electrons. The predicted molar refractivity (Wildman–Crippen MR) is 69.9 cm³/mol. The molecule has 1 aliphatic carbocycles. The van der Waals surface area contributed by atoms with Crippen LogP contribution in [0.5, 0.6) is 0 Å². The van der Waals surface area contributed by atoms with E-state index in [1.165, 1.54) is 0 Å². The van der Waals surface area contributed by atoms with Gasteiger partial charge in [-0.1, -0.05) is 12.2 Å². The zero-order valence-electron chi connectivity index (χ0n) is 11.1. The van der Waals surface area contributed by atoms with Crippen LogP contribution in [0.4, 0.5) is 0 Å². The maximum absolute atomic E-state index is 11.9. The fourth-order valence-electron chi connectivity index (χ4n) is 2.33. The van der Waals surface area contributed by atoms with Crippen molar-refractivity contribution in [2.75, 3.05) is 19.6 Å². The summed E-state index contributed by atoms with van der Waals surface area (Å²) >= 11 is 0. The molecular formula is C14H22N2O2. The molecular weight excluding hydrogens is 228 g/mol. The summed E-state index contributed by atoms with van der Waals surface area (Å²) < 4.78 is 0. The molecule has 1 N–H and O–H groups in total. The highest BCUT2D eigenvalue weighted by Crippen LogP contribution is 2.32. The highest BCUT2D eigenvalue weighted by atomic mass is 16.2. The van der Waals surface area contributed by atoms with Crippen molar-refractivity contribution in [3.63, 3.8) is 0 Å². The molecule has 0 aromatic carbocycles. The van der Waals surface area contributed by atoms with E-state index in [1.807, 2.05) is 11.8 Å². The van der Waals surface area contributed by atoms with E-state index in [0.29, 0.717) is 18.4 Å². The highest BCUT2D eigenvalue weighted by molar-refractivity contribution is 5.82. The van der Waals surface area contributed by atoms with E-state index >= 15 is 0 Å². The molecule has 1 aliphatic heterocycles. The molecule has 18 heavy (non-hydrogen) atoms. The summed E-state index contributed by atoms with van der Waals surface area (Å²) in [6.07, 6.45) is 3.69. The van der Waals surface area contributed by atoms with Crippen molar-refractivity contribution in [2.24, 2.45) is 11.8 Å². The Labute approximate surface area is 108 Å². The highest BCUT2D eigenvalue weighted by Gasteiger charge is 2.35. The summed E-state index contributed by atoms with van der Waals surface area (Å²) in [6, 6.07) is 0. The Balaban J connectivity index is 1.73. The lowest BCUT2D eigenvalue weighted by Crippen LogP contribution is -2.43. The molecule has 2 amide bonds. The van der Waals surface area contributed by atoms with Crippen LogP contribution < -0.4 is 5.32 Å². The molecule has 1 saturated heterocycles. The molecule has 0 spiro atoms. The maximum Gasteiger partial charge on any atom is 0.225 e. The molecule has 100 valence electrons. The number of carbonyl (C=O) groups is 2. The third-order valence-corrected chi connectivity index (χ3v) is 3.67. The second-order valence-electron chi connectivity index (χ2n) is 5.55. The molecule has 0 bridgehead atoms. The molecule has 0 aromatic heterocycles. The summed E-state index contributed by atoms with van der Waals surface area (Å²) in [4.78, 5) is 25.7. The van der Waals surface area contributed by atoms with Gasteiger partial charge in [0.2, 0.25) is 11.8 Å².